The maximum absolute atomic E-state index is 11.6. The van der Waals surface area contributed by atoms with Crippen LogP contribution in [-0.4, -0.2) is 38.1 Å². The fourth-order valence-corrected chi connectivity index (χ4v) is 3.78. The van der Waals surface area contributed by atoms with Gasteiger partial charge in [0.25, 0.3) is 0 Å². The minimum Gasteiger partial charge on any atom is -0.496 e. The molecule has 3 unspecified atom stereocenters. The van der Waals surface area contributed by atoms with Crippen LogP contribution < -0.4 is 10.1 Å². The molecule has 1 aromatic rings. The van der Waals surface area contributed by atoms with Crippen LogP contribution in [0.2, 0.25) is 0 Å². The van der Waals surface area contributed by atoms with Crippen LogP contribution in [-0.2, 0) is 4.79 Å². The fourth-order valence-electron chi connectivity index (χ4n) is 3.78. The number of methoxy groups -OCH3 is 1. The number of amides is 1. The van der Waals surface area contributed by atoms with Crippen molar-refractivity contribution in [3.8, 4) is 5.75 Å². The summed E-state index contributed by atoms with van der Waals surface area (Å²) in [6.45, 7) is 1.61. The molecular formula is C18H28N2O2. The highest BCUT2D eigenvalue weighted by atomic mass is 16.5. The van der Waals surface area contributed by atoms with E-state index >= 15 is 0 Å². The smallest absolute Gasteiger partial charge is 0.217 e. The molecule has 1 aromatic carbocycles. The average molecular weight is 304 g/mol. The molecule has 4 heteroatoms. The summed E-state index contributed by atoms with van der Waals surface area (Å²) in [6, 6.07) is 8.70. The van der Waals surface area contributed by atoms with Gasteiger partial charge in [0, 0.05) is 24.6 Å². The van der Waals surface area contributed by atoms with Gasteiger partial charge >= 0.3 is 0 Å². The Morgan fingerprint density at radius 3 is 2.59 bits per heavy atom. The van der Waals surface area contributed by atoms with Gasteiger partial charge in [-0.05, 0) is 38.9 Å². The van der Waals surface area contributed by atoms with Gasteiger partial charge in [0.15, 0.2) is 0 Å². The van der Waals surface area contributed by atoms with Crippen LogP contribution in [0.4, 0.5) is 0 Å². The molecule has 1 aliphatic rings. The second-order valence-corrected chi connectivity index (χ2v) is 6.41. The minimum atomic E-state index is 0.0643. The van der Waals surface area contributed by atoms with Crippen molar-refractivity contribution in [1.29, 1.82) is 0 Å². The summed E-state index contributed by atoms with van der Waals surface area (Å²) < 4.78 is 5.57. The van der Waals surface area contributed by atoms with E-state index < -0.39 is 0 Å². The number of hydrogen-bond acceptors (Lipinski definition) is 3. The zero-order valence-electron chi connectivity index (χ0n) is 14.1. The number of benzene rings is 1. The number of hydrogen-bond donors (Lipinski definition) is 1. The molecule has 122 valence electrons. The predicted octanol–water partition coefficient (Wildman–Crippen LogP) is 2.99. The molecule has 3 atom stereocenters. The predicted molar refractivity (Wildman–Crippen MR) is 89.0 cm³/mol. The van der Waals surface area contributed by atoms with Crippen LogP contribution in [0.15, 0.2) is 24.3 Å². The van der Waals surface area contributed by atoms with Crippen molar-refractivity contribution < 1.29 is 9.53 Å². The normalized spacial score (nSPS) is 23.1. The van der Waals surface area contributed by atoms with E-state index in [-0.39, 0.29) is 18.0 Å². The number of carbonyl (C=O) groups excluding carboxylic acids is 1. The van der Waals surface area contributed by atoms with Gasteiger partial charge in [-0.2, -0.15) is 0 Å². The maximum Gasteiger partial charge on any atom is 0.217 e. The number of nitrogens with zero attached hydrogens (tertiary/aromatic N) is 1. The fraction of sp³-hybridized carbons (Fsp3) is 0.611. The Balaban J connectivity index is 2.34. The van der Waals surface area contributed by atoms with Crippen LogP contribution in [0, 0.1) is 5.92 Å². The minimum absolute atomic E-state index is 0.0643. The first-order chi connectivity index (χ1) is 10.5. The second kappa shape index (κ2) is 7.63. The summed E-state index contributed by atoms with van der Waals surface area (Å²) in [6.07, 6.45) is 4.60. The summed E-state index contributed by atoms with van der Waals surface area (Å²) in [5, 5.41) is 3.17. The molecule has 1 aliphatic carbocycles. The van der Waals surface area contributed by atoms with Gasteiger partial charge in [0.2, 0.25) is 5.91 Å². The number of rotatable bonds is 5. The van der Waals surface area contributed by atoms with E-state index in [9.17, 15) is 4.79 Å². The van der Waals surface area contributed by atoms with Gasteiger partial charge in [0.05, 0.1) is 7.11 Å². The summed E-state index contributed by atoms with van der Waals surface area (Å²) >= 11 is 0. The highest BCUT2D eigenvalue weighted by Crippen LogP contribution is 2.40. The first-order valence-electron chi connectivity index (χ1n) is 8.11. The van der Waals surface area contributed by atoms with Gasteiger partial charge in [-0.1, -0.05) is 31.0 Å². The highest BCUT2D eigenvalue weighted by molar-refractivity contribution is 5.73. The lowest BCUT2D eigenvalue weighted by Crippen LogP contribution is -2.46. The van der Waals surface area contributed by atoms with Crippen molar-refractivity contribution in [2.24, 2.45) is 5.92 Å². The third kappa shape index (κ3) is 3.80. The van der Waals surface area contributed by atoms with E-state index in [4.69, 9.17) is 4.74 Å². The number of nitrogens with one attached hydrogen (secondary N) is 1. The first-order valence-corrected chi connectivity index (χ1v) is 8.11. The Morgan fingerprint density at radius 2 is 1.95 bits per heavy atom. The molecule has 0 aromatic heterocycles. The second-order valence-electron chi connectivity index (χ2n) is 6.41. The molecule has 2 rings (SSSR count). The molecule has 4 nitrogen and oxygen atoms in total. The third-order valence-electron chi connectivity index (χ3n) is 4.63. The van der Waals surface area contributed by atoms with Gasteiger partial charge < -0.3 is 15.0 Å². The van der Waals surface area contributed by atoms with E-state index in [1.807, 2.05) is 12.1 Å². The number of carbonyl (C=O) groups is 1. The SMILES string of the molecule is COc1ccccc1C(C1CCCCC1NC(C)=O)N(C)C. The molecule has 0 radical (unpaired) electrons. The molecule has 1 N–H and O–H groups in total. The molecule has 0 heterocycles. The van der Waals surface area contributed by atoms with Crippen LogP contribution >= 0.6 is 0 Å². The van der Waals surface area contributed by atoms with Gasteiger partial charge in [-0.25, -0.2) is 0 Å². The van der Waals surface area contributed by atoms with Crippen molar-refractivity contribution in [3.63, 3.8) is 0 Å². The van der Waals surface area contributed by atoms with E-state index in [2.05, 4.69) is 36.4 Å². The molecule has 1 amide bonds. The van der Waals surface area contributed by atoms with Gasteiger partial charge in [0.1, 0.15) is 5.75 Å². The van der Waals surface area contributed by atoms with Gasteiger partial charge in [-0.15, -0.1) is 0 Å². The first kappa shape index (κ1) is 16.8. The Kier molecular flexibility index (Phi) is 5.83. The van der Waals surface area contributed by atoms with Crippen LogP contribution in [0.3, 0.4) is 0 Å². The molecule has 1 saturated carbocycles. The van der Waals surface area contributed by atoms with E-state index in [1.165, 1.54) is 18.4 Å². The summed E-state index contributed by atoms with van der Waals surface area (Å²) in [7, 11) is 5.94. The standard InChI is InChI=1S/C18H28N2O2/c1-13(21)19-16-11-7-5-9-14(16)18(20(2)3)15-10-6-8-12-17(15)22-4/h6,8,10,12,14,16,18H,5,7,9,11H2,1-4H3,(H,19,21). The number of para-hydroxylation sites is 1. The average Bonchev–Trinajstić information content (AvgIpc) is 2.49. The lowest BCUT2D eigenvalue weighted by atomic mass is 9.76. The van der Waals surface area contributed by atoms with Crippen molar-refractivity contribution >= 4 is 5.91 Å². The number of ether oxygens (including phenoxy) is 1. The zero-order valence-corrected chi connectivity index (χ0v) is 14.1. The van der Waals surface area contributed by atoms with Crippen LogP contribution in [0.25, 0.3) is 0 Å². The lowest BCUT2D eigenvalue weighted by Gasteiger charge is -2.41. The molecule has 22 heavy (non-hydrogen) atoms. The molecule has 0 aliphatic heterocycles. The molecule has 1 fully saturated rings. The highest BCUT2D eigenvalue weighted by Gasteiger charge is 2.35. The Labute approximate surface area is 133 Å². The Bertz CT molecular complexity index is 502. The van der Waals surface area contributed by atoms with Crippen molar-refractivity contribution in [2.45, 2.75) is 44.7 Å². The third-order valence-corrected chi connectivity index (χ3v) is 4.63. The maximum atomic E-state index is 11.6. The lowest BCUT2D eigenvalue weighted by molar-refractivity contribution is -0.120. The largest absolute Gasteiger partial charge is 0.496 e. The Hall–Kier alpha value is -1.55. The van der Waals surface area contributed by atoms with Crippen molar-refractivity contribution in [3.05, 3.63) is 29.8 Å². The van der Waals surface area contributed by atoms with E-state index in [0.29, 0.717) is 5.92 Å². The molecular weight excluding hydrogens is 276 g/mol. The summed E-state index contributed by atoms with van der Waals surface area (Å²) in [5.74, 6) is 1.40. The molecule has 0 bridgehead atoms. The van der Waals surface area contributed by atoms with Gasteiger partial charge in [-0.3, -0.25) is 4.79 Å². The summed E-state index contributed by atoms with van der Waals surface area (Å²) in [5.41, 5.74) is 1.21. The molecule has 0 saturated heterocycles. The topological polar surface area (TPSA) is 41.6 Å². The Morgan fingerprint density at radius 1 is 1.27 bits per heavy atom. The van der Waals surface area contributed by atoms with Crippen molar-refractivity contribution in [1.82, 2.24) is 10.2 Å². The van der Waals surface area contributed by atoms with Crippen molar-refractivity contribution in [2.75, 3.05) is 21.2 Å². The molecule has 0 spiro atoms. The monoisotopic (exact) mass is 304 g/mol. The van der Waals surface area contributed by atoms with Crippen LogP contribution in [0.5, 0.6) is 5.75 Å². The van der Waals surface area contributed by atoms with E-state index in [1.54, 1.807) is 14.0 Å². The quantitative estimate of drug-likeness (QED) is 0.909. The summed E-state index contributed by atoms with van der Waals surface area (Å²) in [4.78, 5) is 13.8. The zero-order chi connectivity index (χ0) is 16.1. The van der Waals surface area contributed by atoms with E-state index in [0.717, 1.165) is 18.6 Å². The van der Waals surface area contributed by atoms with Crippen LogP contribution in [0.1, 0.15) is 44.2 Å².